The highest BCUT2D eigenvalue weighted by Crippen LogP contribution is 2.12. The van der Waals surface area contributed by atoms with Crippen LogP contribution in [0.3, 0.4) is 0 Å². The Balaban J connectivity index is 0.00000200. The maximum Gasteiger partial charge on any atom is 0.229 e. The average molecular weight is 304 g/mol. The van der Waals surface area contributed by atoms with Crippen LogP contribution in [-0.2, 0) is 14.4 Å². The molecule has 0 aliphatic carbocycles. The first kappa shape index (κ1) is 16.9. The molecule has 2 aliphatic heterocycles. The number of likely N-dealkylation sites (tertiary alicyclic amines) is 1. The lowest BCUT2D eigenvalue weighted by atomic mass is 9.99. The molecule has 6 nitrogen and oxygen atoms in total. The third-order valence-electron chi connectivity index (χ3n) is 3.68. The summed E-state index contributed by atoms with van der Waals surface area (Å²) in [5.74, 6) is -0.0457. The van der Waals surface area contributed by atoms with Gasteiger partial charge in [0.25, 0.3) is 0 Å². The molecule has 0 aromatic heterocycles. The summed E-state index contributed by atoms with van der Waals surface area (Å²) in [4.78, 5) is 35.9. The van der Waals surface area contributed by atoms with Gasteiger partial charge in [0.1, 0.15) is 0 Å². The number of imide groups is 1. The fourth-order valence-corrected chi connectivity index (χ4v) is 2.54. The van der Waals surface area contributed by atoms with E-state index in [4.69, 9.17) is 0 Å². The molecule has 7 heteroatoms. The van der Waals surface area contributed by atoms with E-state index in [0.29, 0.717) is 32.4 Å². The maximum atomic E-state index is 11.8. The first-order chi connectivity index (χ1) is 9.18. The summed E-state index contributed by atoms with van der Waals surface area (Å²) in [6, 6.07) is 0. The van der Waals surface area contributed by atoms with Crippen LogP contribution < -0.4 is 10.6 Å². The Hall–Kier alpha value is -1.14. The second-order valence-corrected chi connectivity index (χ2v) is 5.13. The third-order valence-corrected chi connectivity index (χ3v) is 3.68. The summed E-state index contributed by atoms with van der Waals surface area (Å²) in [7, 11) is 0. The van der Waals surface area contributed by atoms with Gasteiger partial charge in [-0.3, -0.25) is 19.3 Å². The molecule has 2 aliphatic rings. The molecular weight excluding hydrogens is 282 g/mol. The predicted molar refractivity (Wildman–Crippen MR) is 76.4 cm³/mol. The van der Waals surface area contributed by atoms with Gasteiger partial charge < -0.3 is 10.6 Å². The standard InChI is InChI=1S/C13H21N3O3.ClH/c17-11-4-5-12(18)16(11)8-2-7-15-13(19)10-3-1-6-14-9-10;/h10,14H,1-9H2,(H,15,19);1H. The number of rotatable bonds is 5. The first-order valence-electron chi connectivity index (χ1n) is 7.00. The van der Waals surface area contributed by atoms with Crippen LogP contribution in [0.25, 0.3) is 0 Å². The van der Waals surface area contributed by atoms with E-state index < -0.39 is 0 Å². The molecule has 2 fully saturated rings. The molecule has 2 N–H and O–H groups in total. The van der Waals surface area contributed by atoms with Crippen molar-refractivity contribution in [1.82, 2.24) is 15.5 Å². The minimum Gasteiger partial charge on any atom is -0.356 e. The highest BCUT2D eigenvalue weighted by atomic mass is 35.5. The van der Waals surface area contributed by atoms with Gasteiger partial charge in [0, 0.05) is 32.5 Å². The summed E-state index contributed by atoms with van der Waals surface area (Å²) in [6.45, 7) is 2.67. The molecule has 2 rings (SSSR count). The highest BCUT2D eigenvalue weighted by molar-refractivity contribution is 6.01. The third kappa shape index (κ3) is 4.45. The SMILES string of the molecule is Cl.O=C(NCCCN1C(=O)CCC1=O)C1CCCNC1. The van der Waals surface area contributed by atoms with Gasteiger partial charge >= 0.3 is 0 Å². The molecule has 0 aromatic rings. The number of halogens is 1. The van der Waals surface area contributed by atoms with Crippen molar-refractivity contribution in [3.8, 4) is 0 Å². The lowest BCUT2D eigenvalue weighted by Crippen LogP contribution is -2.41. The van der Waals surface area contributed by atoms with Crippen LogP contribution in [0.5, 0.6) is 0 Å². The lowest BCUT2D eigenvalue weighted by molar-refractivity contribution is -0.138. The van der Waals surface area contributed by atoms with Crippen molar-refractivity contribution in [1.29, 1.82) is 0 Å². The zero-order valence-electron chi connectivity index (χ0n) is 11.5. The molecule has 0 saturated carbocycles. The van der Waals surface area contributed by atoms with Gasteiger partial charge in [-0.2, -0.15) is 0 Å². The van der Waals surface area contributed by atoms with Crippen LogP contribution in [0.15, 0.2) is 0 Å². The summed E-state index contributed by atoms with van der Waals surface area (Å²) >= 11 is 0. The Morgan fingerprint density at radius 1 is 1.30 bits per heavy atom. The van der Waals surface area contributed by atoms with Crippen molar-refractivity contribution >= 4 is 30.1 Å². The summed E-state index contributed by atoms with van der Waals surface area (Å²) < 4.78 is 0. The van der Waals surface area contributed by atoms with E-state index in [2.05, 4.69) is 10.6 Å². The van der Waals surface area contributed by atoms with Crippen molar-refractivity contribution < 1.29 is 14.4 Å². The van der Waals surface area contributed by atoms with Gasteiger partial charge in [0.2, 0.25) is 17.7 Å². The molecule has 0 radical (unpaired) electrons. The Morgan fingerprint density at radius 2 is 2.00 bits per heavy atom. The van der Waals surface area contributed by atoms with Gasteiger partial charge in [-0.05, 0) is 25.8 Å². The first-order valence-corrected chi connectivity index (χ1v) is 7.00. The number of nitrogens with one attached hydrogen (secondary N) is 2. The van der Waals surface area contributed by atoms with Crippen LogP contribution >= 0.6 is 12.4 Å². The monoisotopic (exact) mass is 303 g/mol. The highest BCUT2D eigenvalue weighted by Gasteiger charge is 2.28. The van der Waals surface area contributed by atoms with Crippen molar-refractivity contribution in [3.63, 3.8) is 0 Å². The summed E-state index contributed by atoms with van der Waals surface area (Å²) in [6.07, 6.45) is 3.26. The van der Waals surface area contributed by atoms with Crippen LogP contribution in [0.2, 0.25) is 0 Å². The average Bonchev–Trinajstić information content (AvgIpc) is 2.75. The van der Waals surface area contributed by atoms with Crippen molar-refractivity contribution in [2.24, 2.45) is 5.92 Å². The van der Waals surface area contributed by atoms with Crippen molar-refractivity contribution in [2.45, 2.75) is 32.1 Å². The lowest BCUT2D eigenvalue weighted by Gasteiger charge is -2.22. The van der Waals surface area contributed by atoms with E-state index in [1.54, 1.807) is 0 Å². The Labute approximate surface area is 125 Å². The largest absolute Gasteiger partial charge is 0.356 e. The Morgan fingerprint density at radius 3 is 2.60 bits per heavy atom. The number of hydrogen-bond acceptors (Lipinski definition) is 4. The van der Waals surface area contributed by atoms with E-state index in [-0.39, 0.29) is 36.0 Å². The van der Waals surface area contributed by atoms with Crippen molar-refractivity contribution in [3.05, 3.63) is 0 Å². The molecule has 20 heavy (non-hydrogen) atoms. The molecule has 114 valence electrons. The quantitative estimate of drug-likeness (QED) is 0.556. The van der Waals surface area contributed by atoms with Gasteiger partial charge in [-0.1, -0.05) is 0 Å². The number of nitrogens with zero attached hydrogens (tertiary/aromatic N) is 1. The number of carbonyl (C=O) groups is 3. The second kappa shape index (κ2) is 8.21. The zero-order chi connectivity index (χ0) is 13.7. The fraction of sp³-hybridized carbons (Fsp3) is 0.769. The van der Waals surface area contributed by atoms with Crippen LogP contribution in [0.4, 0.5) is 0 Å². The topological polar surface area (TPSA) is 78.5 Å². The molecule has 2 heterocycles. The fourth-order valence-electron chi connectivity index (χ4n) is 2.54. The van der Waals surface area contributed by atoms with Gasteiger partial charge in [0.05, 0.1) is 5.92 Å². The molecule has 2 saturated heterocycles. The molecule has 3 amide bonds. The number of hydrogen-bond donors (Lipinski definition) is 2. The molecule has 0 bridgehead atoms. The second-order valence-electron chi connectivity index (χ2n) is 5.13. The summed E-state index contributed by atoms with van der Waals surface area (Å²) in [5.41, 5.74) is 0. The number of amides is 3. The molecule has 0 spiro atoms. The smallest absolute Gasteiger partial charge is 0.229 e. The van der Waals surface area contributed by atoms with Crippen molar-refractivity contribution in [2.75, 3.05) is 26.2 Å². The normalized spacial score (nSPS) is 22.6. The van der Waals surface area contributed by atoms with Gasteiger partial charge in [-0.25, -0.2) is 0 Å². The maximum absolute atomic E-state index is 11.8. The van der Waals surface area contributed by atoms with E-state index >= 15 is 0 Å². The molecule has 0 aromatic carbocycles. The zero-order valence-corrected chi connectivity index (χ0v) is 12.3. The molecular formula is C13H22ClN3O3. The van der Waals surface area contributed by atoms with Crippen LogP contribution in [-0.4, -0.2) is 48.8 Å². The van der Waals surface area contributed by atoms with Crippen LogP contribution in [0, 0.1) is 5.92 Å². The predicted octanol–water partition coefficient (Wildman–Crippen LogP) is 0.0631. The van der Waals surface area contributed by atoms with E-state index in [1.165, 1.54) is 4.90 Å². The summed E-state index contributed by atoms with van der Waals surface area (Å²) in [5, 5.41) is 6.08. The van der Waals surface area contributed by atoms with E-state index in [1.807, 2.05) is 0 Å². The number of carbonyl (C=O) groups excluding carboxylic acids is 3. The Bertz CT molecular complexity index is 354. The minimum absolute atomic E-state index is 0. The van der Waals surface area contributed by atoms with E-state index in [0.717, 1.165) is 25.9 Å². The van der Waals surface area contributed by atoms with Gasteiger partial charge in [-0.15, -0.1) is 12.4 Å². The van der Waals surface area contributed by atoms with E-state index in [9.17, 15) is 14.4 Å². The Kier molecular flexibility index (Phi) is 6.95. The molecule has 1 atom stereocenters. The number of piperidine rings is 1. The molecule has 1 unspecified atom stereocenters. The van der Waals surface area contributed by atoms with Crippen LogP contribution in [0.1, 0.15) is 32.1 Å². The minimum atomic E-state index is -0.0900. The van der Waals surface area contributed by atoms with Gasteiger partial charge in [0.15, 0.2) is 0 Å².